The largest absolute Gasteiger partial charge is 0.464 e. The smallest absolute Gasteiger partial charge is 0.360 e. The number of esters is 1. The predicted octanol–water partition coefficient (Wildman–Crippen LogP) is 1.84. The number of allylic oxidation sites excluding steroid dienone is 3. The van der Waals surface area contributed by atoms with Crippen molar-refractivity contribution in [1.82, 2.24) is 10.0 Å². The Balaban J connectivity index is 2.30. The first-order chi connectivity index (χ1) is 8.52. The molecule has 1 aromatic rings. The summed E-state index contributed by atoms with van der Waals surface area (Å²) >= 11 is 0. The summed E-state index contributed by atoms with van der Waals surface area (Å²) in [5.41, 5.74) is 1.52. The molecule has 0 bridgehead atoms. The zero-order chi connectivity index (χ0) is 13.3. The molecule has 1 aliphatic rings. The van der Waals surface area contributed by atoms with Gasteiger partial charge < -0.3 is 9.15 Å². The molecule has 2 heterocycles. The Bertz CT molecular complexity index is 530. The molecule has 0 fully saturated rings. The molecule has 6 heteroatoms. The number of nitrogens with zero attached hydrogens (tertiary/aromatic N) is 2. The van der Waals surface area contributed by atoms with Gasteiger partial charge in [-0.3, -0.25) is 10.3 Å². The summed E-state index contributed by atoms with van der Waals surface area (Å²) < 4.78 is 9.79. The van der Waals surface area contributed by atoms with Gasteiger partial charge in [0.25, 0.3) is 0 Å². The summed E-state index contributed by atoms with van der Waals surface area (Å²) in [7, 11) is 1.28. The quantitative estimate of drug-likeness (QED) is 0.807. The van der Waals surface area contributed by atoms with E-state index >= 15 is 0 Å². The van der Waals surface area contributed by atoms with Gasteiger partial charge in [0.05, 0.1) is 13.2 Å². The zero-order valence-corrected chi connectivity index (χ0v) is 10.4. The van der Waals surface area contributed by atoms with E-state index in [1.807, 2.05) is 6.92 Å². The Hall–Kier alpha value is -2.08. The number of hydroxylamine groups is 2. The van der Waals surface area contributed by atoms with Gasteiger partial charge in [0, 0.05) is 11.3 Å². The Kier molecular flexibility index (Phi) is 3.20. The number of aromatic nitrogens is 1. The van der Waals surface area contributed by atoms with E-state index in [-0.39, 0.29) is 11.7 Å². The molecular formula is C12H14N2O4. The van der Waals surface area contributed by atoms with Gasteiger partial charge in [-0.1, -0.05) is 0 Å². The molecule has 0 aliphatic carbocycles. The molecule has 0 radical (unpaired) electrons. The fraction of sp³-hybridized carbons (Fsp3) is 0.333. The number of oxazole rings is 1. The number of carbonyl (C=O) groups is 1. The van der Waals surface area contributed by atoms with Crippen LogP contribution in [-0.4, -0.2) is 34.4 Å². The molecule has 0 aromatic carbocycles. The molecule has 18 heavy (non-hydrogen) atoms. The molecule has 1 aliphatic heterocycles. The Morgan fingerprint density at radius 3 is 2.94 bits per heavy atom. The SMILES string of the molecule is COC(=O)c1coc(C2=CC(C)N(O)C(C)=C2)n1. The average molecular weight is 250 g/mol. The summed E-state index contributed by atoms with van der Waals surface area (Å²) in [6, 6.07) is -0.182. The Labute approximate surface area is 104 Å². The minimum Gasteiger partial charge on any atom is -0.464 e. The molecule has 1 N–H and O–H groups in total. The minimum atomic E-state index is -0.543. The second kappa shape index (κ2) is 4.66. The molecule has 0 spiro atoms. The third-order valence-electron chi connectivity index (χ3n) is 2.68. The second-order valence-corrected chi connectivity index (χ2v) is 4.02. The first-order valence-electron chi connectivity index (χ1n) is 5.45. The number of carbonyl (C=O) groups excluding carboxylic acids is 1. The van der Waals surface area contributed by atoms with Gasteiger partial charge in [0.15, 0.2) is 5.69 Å². The summed E-state index contributed by atoms with van der Waals surface area (Å²) in [6.45, 7) is 3.61. The van der Waals surface area contributed by atoms with Crippen LogP contribution in [0.2, 0.25) is 0 Å². The third-order valence-corrected chi connectivity index (χ3v) is 2.68. The van der Waals surface area contributed by atoms with Gasteiger partial charge in [-0.2, -0.15) is 0 Å². The third kappa shape index (κ3) is 2.14. The molecule has 6 nitrogen and oxygen atoms in total. The van der Waals surface area contributed by atoms with Crippen LogP contribution < -0.4 is 0 Å². The van der Waals surface area contributed by atoms with Crippen molar-refractivity contribution in [2.24, 2.45) is 0 Å². The van der Waals surface area contributed by atoms with Crippen LogP contribution in [0.3, 0.4) is 0 Å². The highest BCUT2D eigenvalue weighted by molar-refractivity contribution is 5.87. The highest BCUT2D eigenvalue weighted by atomic mass is 16.5. The number of methoxy groups -OCH3 is 1. The van der Waals surface area contributed by atoms with E-state index in [9.17, 15) is 10.0 Å². The fourth-order valence-corrected chi connectivity index (χ4v) is 1.73. The predicted molar refractivity (Wildman–Crippen MR) is 62.7 cm³/mol. The topological polar surface area (TPSA) is 75.8 Å². The molecule has 0 saturated heterocycles. The summed E-state index contributed by atoms with van der Waals surface area (Å²) in [5.74, 6) is -0.214. The van der Waals surface area contributed by atoms with Crippen LogP contribution in [-0.2, 0) is 4.74 Å². The summed E-state index contributed by atoms with van der Waals surface area (Å²) in [6.07, 6.45) is 4.77. The molecule has 0 saturated carbocycles. The lowest BCUT2D eigenvalue weighted by molar-refractivity contribution is -0.0742. The number of hydrogen-bond donors (Lipinski definition) is 1. The van der Waals surface area contributed by atoms with Crippen LogP contribution in [0.15, 0.2) is 28.5 Å². The normalized spacial score (nSPS) is 19.3. The average Bonchev–Trinajstić information content (AvgIpc) is 2.84. The lowest BCUT2D eigenvalue weighted by Gasteiger charge is -2.26. The first kappa shape index (κ1) is 12.4. The van der Waals surface area contributed by atoms with Crippen LogP contribution >= 0.6 is 0 Å². The van der Waals surface area contributed by atoms with Crippen molar-refractivity contribution in [3.05, 3.63) is 35.7 Å². The lowest BCUT2D eigenvalue weighted by atomic mass is 10.1. The highest BCUT2D eigenvalue weighted by Gasteiger charge is 2.20. The molecule has 0 amide bonds. The van der Waals surface area contributed by atoms with Crippen molar-refractivity contribution in [1.29, 1.82) is 0 Å². The summed E-state index contributed by atoms with van der Waals surface area (Å²) in [4.78, 5) is 15.3. The maximum atomic E-state index is 11.3. The molecule has 2 rings (SSSR count). The molecule has 1 unspecified atom stereocenters. The monoisotopic (exact) mass is 250 g/mol. The zero-order valence-electron chi connectivity index (χ0n) is 10.4. The van der Waals surface area contributed by atoms with E-state index in [4.69, 9.17) is 4.42 Å². The molecule has 1 aromatic heterocycles. The first-order valence-corrected chi connectivity index (χ1v) is 5.45. The maximum Gasteiger partial charge on any atom is 0.360 e. The van der Waals surface area contributed by atoms with E-state index in [0.717, 1.165) is 10.6 Å². The molecule has 96 valence electrons. The van der Waals surface area contributed by atoms with Gasteiger partial charge >= 0.3 is 5.97 Å². The van der Waals surface area contributed by atoms with Crippen LogP contribution in [0.25, 0.3) is 5.57 Å². The lowest BCUT2D eigenvalue weighted by Crippen LogP contribution is -2.28. The van der Waals surface area contributed by atoms with E-state index in [1.165, 1.54) is 13.4 Å². The minimum absolute atomic E-state index is 0.124. The van der Waals surface area contributed by atoms with E-state index < -0.39 is 5.97 Å². The van der Waals surface area contributed by atoms with E-state index in [2.05, 4.69) is 9.72 Å². The van der Waals surface area contributed by atoms with E-state index in [1.54, 1.807) is 19.1 Å². The van der Waals surface area contributed by atoms with Crippen LogP contribution in [0, 0.1) is 0 Å². The van der Waals surface area contributed by atoms with Crippen LogP contribution in [0.1, 0.15) is 30.2 Å². The summed E-state index contributed by atoms with van der Waals surface area (Å²) in [5, 5.41) is 10.8. The number of hydrogen-bond acceptors (Lipinski definition) is 6. The van der Waals surface area contributed by atoms with Crippen molar-refractivity contribution in [3.8, 4) is 0 Å². The van der Waals surface area contributed by atoms with Gasteiger partial charge in [0.1, 0.15) is 6.26 Å². The van der Waals surface area contributed by atoms with Crippen molar-refractivity contribution in [2.75, 3.05) is 7.11 Å². The van der Waals surface area contributed by atoms with Crippen molar-refractivity contribution in [2.45, 2.75) is 19.9 Å². The van der Waals surface area contributed by atoms with Crippen LogP contribution in [0.4, 0.5) is 0 Å². The van der Waals surface area contributed by atoms with Gasteiger partial charge in [-0.25, -0.2) is 9.78 Å². The van der Waals surface area contributed by atoms with Crippen molar-refractivity contribution in [3.63, 3.8) is 0 Å². The van der Waals surface area contributed by atoms with Gasteiger partial charge in [-0.15, -0.1) is 0 Å². The van der Waals surface area contributed by atoms with Crippen molar-refractivity contribution >= 4 is 11.5 Å². The van der Waals surface area contributed by atoms with Gasteiger partial charge in [0.2, 0.25) is 5.89 Å². The Morgan fingerprint density at radius 1 is 1.61 bits per heavy atom. The van der Waals surface area contributed by atoms with Crippen LogP contribution in [0.5, 0.6) is 0 Å². The molecular weight excluding hydrogens is 236 g/mol. The highest BCUT2D eigenvalue weighted by Crippen LogP contribution is 2.25. The second-order valence-electron chi connectivity index (χ2n) is 4.02. The number of ether oxygens (including phenoxy) is 1. The maximum absolute atomic E-state index is 11.3. The van der Waals surface area contributed by atoms with Gasteiger partial charge in [-0.05, 0) is 26.0 Å². The van der Waals surface area contributed by atoms with E-state index in [0.29, 0.717) is 11.6 Å². The molecule has 1 atom stereocenters. The fourth-order valence-electron chi connectivity index (χ4n) is 1.73. The Morgan fingerprint density at radius 2 is 2.33 bits per heavy atom. The standard InChI is InChI=1S/C12H14N2O4/c1-7-4-9(5-8(2)14(7)16)11-13-10(6-18-11)12(15)17-3/h4-7,16H,1-3H3. The number of rotatable bonds is 2. The van der Waals surface area contributed by atoms with Crippen molar-refractivity contribution < 1.29 is 19.2 Å².